The van der Waals surface area contributed by atoms with E-state index in [2.05, 4.69) is 20.9 Å². The number of pyridine rings is 1. The molecule has 2 atom stereocenters. The van der Waals surface area contributed by atoms with Crippen LogP contribution < -0.4 is 25.6 Å². The Hall–Kier alpha value is -4.64. The molecule has 0 radical (unpaired) electrons. The van der Waals surface area contributed by atoms with Gasteiger partial charge < -0.3 is 25.4 Å². The lowest BCUT2D eigenvalue weighted by molar-refractivity contribution is 0.0495. The highest BCUT2D eigenvalue weighted by Crippen LogP contribution is 2.46. The van der Waals surface area contributed by atoms with Crippen LogP contribution >= 0.6 is 11.3 Å². The Balaban J connectivity index is 1.23. The number of nitrogens with zero attached hydrogens (tertiary/aromatic N) is 2. The number of aromatic nitrogens is 1. The lowest BCUT2D eigenvalue weighted by Gasteiger charge is -2.28. The normalized spacial score (nSPS) is 18.0. The molecule has 2 aromatic carbocycles. The monoisotopic (exact) mass is 585 g/mol. The first-order valence-electron chi connectivity index (χ1n) is 13.8. The van der Waals surface area contributed by atoms with Gasteiger partial charge in [-0.05, 0) is 82.5 Å². The van der Waals surface area contributed by atoms with Gasteiger partial charge in [-0.15, -0.1) is 11.3 Å². The van der Waals surface area contributed by atoms with Crippen LogP contribution in [0.2, 0.25) is 0 Å². The molecule has 42 heavy (non-hydrogen) atoms. The van der Waals surface area contributed by atoms with E-state index < -0.39 is 11.7 Å². The smallest absolute Gasteiger partial charge is 0.407 e. The lowest BCUT2D eigenvalue weighted by atomic mass is 10.1. The summed E-state index contributed by atoms with van der Waals surface area (Å²) in [6.07, 6.45) is 3.44. The Labute approximate surface area is 247 Å². The Morgan fingerprint density at radius 1 is 0.976 bits per heavy atom. The summed E-state index contributed by atoms with van der Waals surface area (Å²) in [5.41, 5.74) is 1.10. The zero-order valence-electron chi connectivity index (χ0n) is 23.5. The van der Waals surface area contributed by atoms with E-state index in [0.29, 0.717) is 37.9 Å². The number of benzene rings is 2. The number of nitrogens with one attached hydrogen (secondary N) is 3. The SMILES string of the molecule is CC(C)(C)OC(=O)N[C@@H]1CCC[C@@H]1NC(=O)c1sc2nccc3c2c1NC(=O)N3c1ccc(Oc2ccccc2)cc1. The molecular formula is C31H31N5O5S. The van der Waals surface area contributed by atoms with Gasteiger partial charge in [0.15, 0.2) is 0 Å². The number of anilines is 3. The van der Waals surface area contributed by atoms with Gasteiger partial charge in [0.1, 0.15) is 26.8 Å². The van der Waals surface area contributed by atoms with E-state index >= 15 is 0 Å². The molecule has 1 aliphatic carbocycles. The molecule has 3 heterocycles. The maximum absolute atomic E-state index is 13.5. The van der Waals surface area contributed by atoms with Crippen molar-refractivity contribution in [3.8, 4) is 11.5 Å². The molecule has 216 valence electrons. The Kier molecular flexibility index (Phi) is 7.19. The molecule has 1 saturated carbocycles. The van der Waals surface area contributed by atoms with Crippen molar-refractivity contribution in [2.24, 2.45) is 0 Å². The van der Waals surface area contributed by atoms with Crippen LogP contribution in [0.15, 0.2) is 66.9 Å². The van der Waals surface area contributed by atoms with Crippen LogP contribution in [0.25, 0.3) is 10.2 Å². The minimum absolute atomic E-state index is 0.248. The summed E-state index contributed by atoms with van der Waals surface area (Å²) in [4.78, 5) is 46.4. The molecule has 0 spiro atoms. The number of ether oxygens (including phenoxy) is 2. The number of carbonyl (C=O) groups excluding carboxylic acids is 3. The molecule has 0 unspecified atom stereocenters. The Bertz CT molecular complexity index is 1650. The fourth-order valence-corrected chi connectivity index (χ4v) is 6.31. The van der Waals surface area contributed by atoms with Crippen LogP contribution in [0.1, 0.15) is 49.7 Å². The second kappa shape index (κ2) is 11.0. The van der Waals surface area contributed by atoms with Gasteiger partial charge in [-0.1, -0.05) is 18.2 Å². The predicted octanol–water partition coefficient (Wildman–Crippen LogP) is 6.95. The van der Waals surface area contributed by atoms with Crippen molar-refractivity contribution < 1.29 is 23.9 Å². The standard InChI is InChI=1S/C31H31N5O5S/c1-31(2,3)41-30(39)34-22-11-7-10-21(22)33-27(37)26-25-24-23(16-17-32-28(24)42-26)36(29(38)35-25)18-12-14-20(15-13-18)40-19-8-5-4-6-9-19/h4-6,8-9,12-17,21-22H,7,10-11H2,1-3H3,(H,33,37)(H,34,39)(H,35,38)/t21-,22+/m0/s1. The number of amides is 4. The fourth-order valence-electron chi connectivity index (χ4n) is 5.29. The average Bonchev–Trinajstić information content (AvgIpc) is 3.54. The topological polar surface area (TPSA) is 122 Å². The molecule has 0 saturated heterocycles. The number of thiophene rings is 1. The summed E-state index contributed by atoms with van der Waals surface area (Å²) in [6.45, 7) is 5.42. The molecule has 11 heteroatoms. The van der Waals surface area contributed by atoms with Crippen molar-refractivity contribution in [3.05, 3.63) is 71.7 Å². The molecule has 4 aromatic rings. The summed E-state index contributed by atoms with van der Waals surface area (Å²) in [7, 11) is 0. The second-order valence-corrected chi connectivity index (χ2v) is 12.3. The Morgan fingerprint density at radius 2 is 1.67 bits per heavy atom. The van der Waals surface area contributed by atoms with Crippen molar-refractivity contribution in [1.82, 2.24) is 15.6 Å². The lowest BCUT2D eigenvalue weighted by Crippen LogP contribution is -2.49. The van der Waals surface area contributed by atoms with Gasteiger partial charge in [-0.2, -0.15) is 0 Å². The number of hydrogen-bond acceptors (Lipinski definition) is 7. The van der Waals surface area contributed by atoms with Crippen molar-refractivity contribution in [2.45, 2.75) is 57.7 Å². The van der Waals surface area contributed by atoms with E-state index in [1.165, 1.54) is 11.3 Å². The minimum Gasteiger partial charge on any atom is -0.457 e. The van der Waals surface area contributed by atoms with Gasteiger partial charge in [-0.3, -0.25) is 9.69 Å². The van der Waals surface area contributed by atoms with E-state index in [-0.39, 0.29) is 24.0 Å². The third kappa shape index (κ3) is 5.60. The van der Waals surface area contributed by atoms with Crippen LogP contribution in [0.5, 0.6) is 11.5 Å². The van der Waals surface area contributed by atoms with E-state index in [1.807, 2.05) is 42.5 Å². The summed E-state index contributed by atoms with van der Waals surface area (Å²) < 4.78 is 11.3. The molecule has 10 nitrogen and oxygen atoms in total. The minimum atomic E-state index is -0.615. The van der Waals surface area contributed by atoms with E-state index in [0.717, 1.165) is 25.0 Å². The van der Waals surface area contributed by atoms with Crippen LogP contribution in [-0.4, -0.2) is 40.7 Å². The molecule has 0 bridgehead atoms. The molecule has 1 fully saturated rings. The average molecular weight is 586 g/mol. The van der Waals surface area contributed by atoms with E-state index in [9.17, 15) is 14.4 Å². The van der Waals surface area contributed by atoms with Gasteiger partial charge in [0.2, 0.25) is 0 Å². The summed E-state index contributed by atoms with van der Waals surface area (Å²) in [6, 6.07) is 17.6. The van der Waals surface area contributed by atoms with Gasteiger partial charge >= 0.3 is 12.1 Å². The molecule has 2 aromatic heterocycles. The predicted molar refractivity (Wildman–Crippen MR) is 162 cm³/mol. The highest BCUT2D eigenvalue weighted by atomic mass is 32.1. The highest BCUT2D eigenvalue weighted by Gasteiger charge is 2.35. The summed E-state index contributed by atoms with van der Waals surface area (Å²) >= 11 is 1.22. The third-order valence-electron chi connectivity index (χ3n) is 7.06. The molecule has 3 N–H and O–H groups in total. The molecular weight excluding hydrogens is 554 g/mol. The van der Waals surface area contributed by atoms with Crippen LogP contribution in [0, 0.1) is 0 Å². The first-order valence-corrected chi connectivity index (χ1v) is 14.6. The number of carbonyl (C=O) groups is 3. The van der Waals surface area contributed by atoms with Crippen molar-refractivity contribution >= 4 is 56.6 Å². The zero-order chi connectivity index (χ0) is 29.4. The first kappa shape index (κ1) is 27.5. The summed E-state index contributed by atoms with van der Waals surface area (Å²) in [5, 5.41) is 9.59. The number of hydrogen-bond donors (Lipinski definition) is 3. The molecule has 1 aliphatic heterocycles. The van der Waals surface area contributed by atoms with Crippen LogP contribution in [0.4, 0.5) is 26.7 Å². The number of urea groups is 1. The highest BCUT2D eigenvalue weighted by molar-refractivity contribution is 7.21. The molecule has 6 rings (SSSR count). The number of rotatable bonds is 6. The quantitative estimate of drug-likeness (QED) is 0.225. The Morgan fingerprint density at radius 3 is 2.38 bits per heavy atom. The zero-order valence-corrected chi connectivity index (χ0v) is 24.3. The van der Waals surface area contributed by atoms with Crippen molar-refractivity contribution in [2.75, 3.05) is 10.2 Å². The molecule has 4 amide bonds. The third-order valence-corrected chi connectivity index (χ3v) is 8.16. The maximum atomic E-state index is 13.5. The fraction of sp³-hybridized carbons (Fsp3) is 0.290. The maximum Gasteiger partial charge on any atom is 0.407 e. The summed E-state index contributed by atoms with van der Waals surface area (Å²) in [5.74, 6) is 1.04. The largest absolute Gasteiger partial charge is 0.457 e. The van der Waals surface area contributed by atoms with Gasteiger partial charge in [0.05, 0.1) is 28.5 Å². The van der Waals surface area contributed by atoms with E-state index in [4.69, 9.17) is 9.47 Å². The van der Waals surface area contributed by atoms with Gasteiger partial charge in [0.25, 0.3) is 5.91 Å². The van der Waals surface area contributed by atoms with Crippen LogP contribution in [0.3, 0.4) is 0 Å². The second-order valence-electron chi connectivity index (χ2n) is 11.3. The van der Waals surface area contributed by atoms with Gasteiger partial charge in [-0.25, -0.2) is 14.6 Å². The van der Waals surface area contributed by atoms with E-state index in [1.54, 1.807) is 50.1 Å². The number of para-hydroxylation sites is 1. The van der Waals surface area contributed by atoms with Crippen molar-refractivity contribution in [3.63, 3.8) is 0 Å². The van der Waals surface area contributed by atoms with Crippen molar-refractivity contribution in [1.29, 1.82) is 0 Å². The number of alkyl carbamates (subject to hydrolysis) is 1. The van der Waals surface area contributed by atoms with Gasteiger partial charge in [0, 0.05) is 12.2 Å². The van der Waals surface area contributed by atoms with Crippen LogP contribution in [-0.2, 0) is 4.74 Å². The molecule has 2 aliphatic rings. The first-order chi connectivity index (χ1) is 20.2.